The van der Waals surface area contributed by atoms with Crippen LogP contribution in [-0.4, -0.2) is 41.4 Å². The number of rotatable bonds is 10. The number of aryl methyl sites for hydroxylation is 1. The van der Waals surface area contributed by atoms with Crippen LogP contribution in [-0.2, 0) is 11.2 Å². The zero-order valence-electron chi connectivity index (χ0n) is 11.4. The molecule has 0 radical (unpaired) electrons. The summed E-state index contributed by atoms with van der Waals surface area (Å²) in [5, 5.41) is 11.8. The summed E-state index contributed by atoms with van der Waals surface area (Å²) in [7, 11) is 0. The van der Waals surface area contributed by atoms with Gasteiger partial charge in [-0.25, -0.2) is 15.8 Å². The van der Waals surface area contributed by atoms with Gasteiger partial charge >= 0.3 is 0 Å². The van der Waals surface area contributed by atoms with Crippen LogP contribution in [0, 0.1) is 0 Å². The minimum atomic E-state index is 0.0608. The van der Waals surface area contributed by atoms with Gasteiger partial charge in [-0.1, -0.05) is 6.92 Å². The van der Waals surface area contributed by atoms with Crippen molar-refractivity contribution in [2.75, 3.05) is 37.1 Å². The zero-order chi connectivity index (χ0) is 13.9. The molecule has 5 N–H and O–H groups in total. The Balaban J connectivity index is 2.41. The number of nitrogen functional groups attached to an aromatic ring is 1. The number of hydrogen-bond acceptors (Lipinski definition) is 7. The normalized spacial score (nSPS) is 10.5. The molecule has 1 aromatic rings. The number of aliphatic hydroxyl groups excluding tert-OH is 1. The molecule has 0 spiro atoms. The Morgan fingerprint density at radius 2 is 2.11 bits per heavy atom. The van der Waals surface area contributed by atoms with Gasteiger partial charge in [0.2, 0.25) is 0 Å². The molecule has 1 heterocycles. The maximum atomic E-state index is 8.56. The Hall–Kier alpha value is -1.44. The maximum absolute atomic E-state index is 8.56. The lowest BCUT2D eigenvalue weighted by Crippen LogP contribution is -2.13. The van der Waals surface area contributed by atoms with E-state index in [1.165, 1.54) is 0 Å². The highest BCUT2D eigenvalue weighted by molar-refractivity contribution is 5.46. The molecule has 19 heavy (non-hydrogen) atoms. The number of aromatic nitrogens is 2. The molecule has 1 rings (SSSR count). The quantitative estimate of drug-likeness (QED) is 0.279. The Morgan fingerprint density at radius 3 is 2.79 bits per heavy atom. The first-order valence-corrected chi connectivity index (χ1v) is 6.57. The zero-order valence-corrected chi connectivity index (χ0v) is 11.4. The molecule has 0 atom stereocenters. The summed E-state index contributed by atoms with van der Waals surface area (Å²) in [6.07, 6.45) is 2.66. The van der Waals surface area contributed by atoms with E-state index in [9.17, 15) is 0 Å². The van der Waals surface area contributed by atoms with E-state index in [2.05, 4.69) is 27.6 Å². The number of hydrogen-bond donors (Lipinski definition) is 4. The summed E-state index contributed by atoms with van der Waals surface area (Å²) in [4.78, 5) is 8.68. The minimum absolute atomic E-state index is 0.0608. The maximum Gasteiger partial charge on any atom is 0.145 e. The van der Waals surface area contributed by atoms with Crippen molar-refractivity contribution in [3.05, 3.63) is 11.9 Å². The van der Waals surface area contributed by atoms with Gasteiger partial charge in [0, 0.05) is 25.6 Å². The summed E-state index contributed by atoms with van der Waals surface area (Å²) < 4.78 is 5.17. The van der Waals surface area contributed by atoms with Crippen LogP contribution in [0.15, 0.2) is 6.07 Å². The fourth-order valence-corrected chi connectivity index (χ4v) is 1.55. The highest BCUT2D eigenvalue weighted by Crippen LogP contribution is 2.11. The molecule has 0 aromatic carbocycles. The van der Waals surface area contributed by atoms with Gasteiger partial charge in [0.15, 0.2) is 0 Å². The van der Waals surface area contributed by atoms with Gasteiger partial charge in [-0.2, -0.15) is 0 Å². The minimum Gasteiger partial charge on any atom is -0.394 e. The van der Waals surface area contributed by atoms with Crippen molar-refractivity contribution in [3.63, 3.8) is 0 Å². The molecular weight excluding hydrogens is 246 g/mol. The molecule has 7 heteroatoms. The summed E-state index contributed by atoms with van der Waals surface area (Å²) in [6.45, 7) is 3.89. The first kappa shape index (κ1) is 15.6. The molecule has 0 bridgehead atoms. The highest BCUT2D eigenvalue weighted by atomic mass is 16.5. The van der Waals surface area contributed by atoms with E-state index in [4.69, 9.17) is 15.7 Å². The Bertz CT molecular complexity index is 362. The standard InChI is InChI=1S/C12H23N5O2/c1-2-4-10-15-11(9-12(16-10)17-13)14-5-3-7-19-8-6-18/h9,18H,2-8,13H2,1H3,(H2,14,15,16,17). The van der Waals surface area contributed by atoms with Crippen molar-refractivity contribution in [2.45, 2.75) is 26.2 Å². The van der Waals surface area contributed by atoms with Crippen LogP contribution >= 0.6 is 0 Å². The van der Waals surface area contributed by atoms with E-state index in [0.717, 1.165) is 37.4 Å². The predicted molar refractivity (Wildman–Crippen MR) is 74.8 cm³/mol. The predicted octanol–water partition coefficient (Wildman–Crippen LogP) is 0.526. The molecule has 0 fully saturated rings. The number of ether oxygens (including phenoxy) is 1. The lowest BCUT2D eigenvalue weighted by Gasteiger charge is -2.09. The molecular formula is C12H23N5O2. The molecule has 7 nitrogen and oxygen atoms in total. The summed E-state index contributed by atoms with van der Waals surface area (Å²) in [6, 6.07) is 1.77. The van der Waals surface area contributed by atoms with Crippen molar-refractivity contribution < 1.29 is 9.84 Å². The van der Waals surface area contributed by atoms with Crippen LogP contribution in [0.4, 0.5) is 11.6 Å². The smallest absolute Gasteiger partial charge is 0.145 e. The third-order valence-electron chi connectivity index (χ3n) is 2.40. The third-order valence-corrected chi connectivity index (χ3v) is 2.40. The second-order valence-corrected chi connectivity index (χ2v) is 4.07. The molecule has 0 amide bonds. The van der Waals surface area contributed by atoms with Gasteiger partial charge in [0.1, 0.15) is 17.5 Å². The van der Waals surface area contributed by atoms with E-state index in [1.54, 1.807) is 6.07 Å². The van der Waals surface area contributed by atoms with Gasteiger partial charge in [0.25, 0.3) is 0 Å². The molecule has 1 aromatic heterocycles. The fraction of sp³-hybridized carbons (Fsp3) is 0.667. The van der Waals surface area contributed by atoms with Crippen LogP contribution in [0.25, 0.3) is 0 Å². The second kappa shape index (κ2) is 9.48. The molecule has 0 saturated carbocycles. The largest absolute Gasteiger partial charge is 0.394 e. The van der Waals surface area contributed by atoms with Crippen molar-refractivity contribution in [2.24, 2.45) is 5.84 Å². The van der Waals surface area contributed by atoms with E-state index in [1.807, 2.05) is 0 Å². The summed E-state index contributed by atoms with van der Waals surface area (Å²) in [5.41, 5.74) is 2.54. The third kappa shape index (κ3) is 6.32. The van der Waals surface area contributed by atoms with Crippen LogP contribution in [0.3, 0.4) is 0 Å². The molecule has 0 unspecified atom stereocenters. The topological polar surface area (TPSA) is 105 Å². The van der Waals surface area contributed by atoms with Crippen molar-refractivity contribution in [1.29, 1.82) is 0 Å². The van der Waals surface area contributed by atoms with Gasteiger partial charge in [0.05, 0.1) is 13.2 Å². The number of nitrogens with two attached hydrogens (primary N) is 1. The molecule has 0 saturated heterocycles. The Kier molecular flexibility index (Phi) is 7.80. The van der Waals surface area contributed by atoms with Crippen molar-refractivity contribution in [1.82, 2.24) is 9.97 Å². The van der Waals surface area contributed by atoms with Gasteiger partial charge < -0.3 is 20.6 Å². The SMILES string of the molecule is CCCc1nc(NN)cc(NCCCOCCO)n1. The Morgan fingerprint density at radius 1 is 1.32 bits per heavy atom. The summed E-state index contributed by atoms with van der Waals surface area (Å²) >= 11 is 0. The number of aliphatic hydroxyl groups is 1. The average Bonchev–Trinajstić information content (AvgIpc) is 2.43. The lowest BCUT2D eigenvalue weighted by molar-refractivity contribution is 0.0922. The van der Waals surface area contributed by atoms with Crippen LogP contribution < -0.4 is 16.6 Å². The molecule has 108 valence electrons. The number of nitrogens with one attached hydrogen (secondary N) is 2. The molecule has 0 aliphatic carbocycles. The number of hydrazine groups is 1. The van der Waals surface area contributed by atoms with Crippen LogP contribution in [0.5, 0.6) is 0 Å². The van der Waals surface area contributed by atoms with Crippen LogP contribution in [0.1, 0.15) is 25.6 Å². The van der Waals surface area contributed by atoms with Gasteiger partial charge in [-0.3, -0.25) is 0 Å². The monoisotopic (exact) mass is 269 g/mol. The average molecular weight is 269 g/mol. The second-order valence-electron chi connectivity index (χ2n) is 4.07. The van der Waals surface area contributed by atoms with E-state index >= 15 is 0 Å². The van der Waals surface area contributed by atoms with E-state index in [-0.39, 0.29) is 6.61 Å². The van der Waals surface area contributed by atoms with Gasteiger partial charge in [-0.15, -0.1) is 0 Å². The van der Waals surface area contributed by atoms with E-state index in [0.29, 0.717) is 19.0 Å². The van der Waals surface area contributed by atoms with Crippen molar-refractivity contribution >= 4 is 11.6 Å². The van der Waals surface area contributed by atoms with Crippen LogP contribution in [0.2, 0.25) is 0 Å². The number of anilines is 2. The van der Waals surface area contributed by atoms with E-state index < -0.39 is 0 Å². The van der Waals surface area contributed by atoms with Gasteiger partial charge in [-0.05, 0) is 12.8 Å². The summed E-state index contributed by atoms with van der Waals surface area (Å²) in [5.74, 6) is 7.52. The number of nitrogens with zero attached hydrogens (tertiary/aromatic N) is 2. The van der Waals surface area contributed by atoms with Crippen molar-refractivity contribution in [3.8, 4) is 0 Å². The molecule has 0 aliphatic rings. The first-order chi connectivity index (χ1) is 9.30. The fourth-order valence-electron chi connectivity index (χ4n) is 1.55. The molecule has 0 aliphatic heterocycles. The lowest BCUT2D eigenvalue weighted by atomic mass is 10.3. The first-order valence-electron chi connectivity index (χ1n) is 6.57. The Labute approximate surface area is 113 Å². The highest BCUT2D eigenvalue weighted by Gasteiger charge is 2.03.